The second kappa shape index (κ2) is 5.80. The van der Waals surface area contributed by atoms with Crippen LogP contribution in [0.4, 0.5) is 4.79 Å². The van der Waals surface area contributed by atoms with E-state index in [1.165, 1.54) is 6.42 Å². The first kappa shape index (κ1) is 15.8. The SMILES string of the molecule is CC(C)(CC(=O)O)NC(=O)NC1CCCCC1(C)C. The van der Waals surface area contributed by atoms with Crippen molar-refractivity contribution in [2.75, 3.05) is 0 Å². The zero-order valence-corrected chi connectivity index (χ0v) is 12.4. The van der Waals surface area contributed by atoms with Crippen LogP contribution in [-0.4, -0.2) is 28.7 Å². The third-order valence-corrected chi connectivity index (χ3v) is 3.86. The Balaban J connectivity index is 2.53. The van der Waals surface area contributed by atoms with Crippen molar-refractivity contribution in [1.29, 1.82) is 0 Å². The van der Waals surface area contributed by atoms with Gasteiger partial charge in [0.05, 0.1) is 6.42 Å². The lowest BCUT2D eigenvalue weighted by atomic mass is 9.73. The Hall–Kier alpha value is -1.26. The van der Waals surface area contributed by atoms with Crippen LogP contribution in [0.15, 0.2) is 0 Å². The molecule has 3 N–H and O–H groups in total. The fourth-order valence-electron chi connectivity index (χ4n) is 2.69. The molecule has 0 heterocycles. The molecule has 1 aliphatic carbocycles. The van der Waals surface area contributed by atoms with E-state index in [0.717, 1.165) is 19.3 Å². The summed E-state index contributed by atoms with van der Waals surface area (Å²) in [4.78, 5) is 22.7. The van der Waals surface area contributed by atoms with Crippen LogP contribution in [0, 0.1) is 5.41 Å². The second-order valence-electron chi connectivity index (χ2n) is 6.84. The Bertz CT molecular complexity index is 351. The van der Waals surface area contributed by atoms with Gasteiger partial charge in [0.15, 0.2) is 0 Å². The van der Waals surface area contributed by atoms with Crippen molar-refractivity contribution < 1.29 is 14.7 Å². The van der Waals surface area contributed by atoms with Gasteiger partial charge in [-0.1, -0.05) is 26.7 Å². The minimum atomic E-state index is -0.914. The lowest BCUT2D eigenvalue weighted by Crippen LogP contribution is -2.55. The Morgan fingerprint density at radius 2 is 1.95 bits per heavy atom. The fraction of sp³-hybridized carbons (Fsp3) is 0.857. The average Bonchev–Trinajstić information content (AvgIpc) is 2.17. The third kappa shape index (κ3) is 5.09. The normalized spacial score (nSPS) is 22.6. The molecular weight excluding hydrogens is 244 g/mol. The van der Waals surface area contributed by atoms with E-state index in [1.807, 2.05) is 0 Å². The minimum Gasteiger partial charge on any atom is -0.481 e. The van der Waals surface area contributed by atoms with Crippen molar-refractivity contribution in [3.8, 4) is 0 Å². The van der Waals surface area contributed by atoms with Crippen molar-refractivity contribution in [2.45, 2.75) is 71.4 Å². The van der Waals surface area contributed by atoms with Crippen LogP contribution in [-0.2, 0) is 4.79 Å². The number of carbonyl (C=O) groups is 2. The summed E-state index contributed by atoms with van der Waals surface area (Å²) in [5.74, 6) is -0.914. The summed E-state index contributed by atoms with van der Waals surface area (Å²) < 4.78 is 0. The van der Waals surface area contributed by atoms with Crippen molar-refractivity contribution >= 4 is 12.0 Å². The zero-order chi connectivity index (χ0) is 14.7. The van der Waals surface area contributed by atoms with Gasteiger partial charge in [-0.15, -0.1) is 0 Å². The molecule has 19 heavy (non-hydrogen) atoms. The number of carboxylic acids is 1. The molecule has 0 aromatic rings. The maximum atomic E-state index is 12.0. The van der Waals surface area contributed by atoms with E-state index in [-0.39, 0.29) is 23.9 Å². The highest BCUT2D eigenvalue weighted by atomic mass is 16.4. The van der Waals surface area contributed by atoms with Crippen LogP contribution in [0.5, 0.6) is 0 Å². The standard InChI is InChI=1S/C14H26N2O3/c1-13(2)8-6-5-7-10(13)15-12(19)16-14(3,4)9-11(17)18/h10H,5-9H2,1-4H3,(H,17,18)(H2,15,16,19). The van der Waals surface area contributed by atoms with E-state index in [4.69, 9.17) is 5.11 Å². The van der Waals surface area contributed by atoms with Crippen molar-refractivity contribution in [1.82, 2.24) is 10.6 Å². The maximum Gasteiger partial charge on any atom is 0.315 e. The molecule has 1 aliphatic rings. The highest BCUT2D eigenvalue weighted by molar-refractivity contribution is 5.76. The van der Waals surface area contributed by atoms with Crippen molar-refractivity contribution in [3.63, 3.8) is 0 Å². The van der Waals surface area contributed by atoms with Crippen molar-refractivity contribution in [3.05, 3.63) is 0 Å². The first-order valence-electron chi connectivity index (χ1n) is 6.93. The molecule has 1 unspecified atom stereocenters. The van der Waals surface area contributed by atoms with Gasteiger partial charge in [0.2, 0.25) is 0 Å². The molecule has 0 saturated heterocycles. The van der Waals surface area contributed by atoms with E-state index in [9.17, 15) is 9.59 Å². The van der Waals surface area contributed by atoms with E-state index in [2.05, 4.69) is 24.5 Å². The van der Waals surface area contributed by atoms with Crippen LogP contribution in [0.3, 0.4) is 0 Å². The van der Waals surface area contributed by atoms with Gasteiger partial charge in [-0.2, -0.15) is 0 Å². The Kier molecular flexibility index (Phi) is 4.82. The smallest absolute Gasteiger partial charge is 0.315 e. The summed E-state index contributed by atoms with van der Waals surface area (Å²) in [5.41, 5.74) is -0.638. The molecule has 1 saturated carbocycles. The Labute approximate surface area is 115 Å². The number of carboxylic acid groups (broad SMARTS) is 1. The lowest BCUT2D eigenvalue weighted by Gasteiger charge is -2.39. The summed E-state index contributed by atoms with van der Waals surface area (Å²) in [6.07, 6.45) is 4.34. The molecule has 1 fully saturated rings. The fourth-order valence-corrected chi connectivity index (χ4v) is 2.69. The quantitative estimate of drug-likeness (QED) is 0.734. The molecular formula is C14H26N2O3. The molecule has 1 rings (SSSR count). The highest BCUT2D eigenvalue weighted by Gasteiger charge is 2.34. The topological polar surface area (TPSA) is 78.4 Å². The number of aliphatic carboxylic acids is 1. The van der Waals surface area contributed by atoms with Gasteiger partial charge in [0.25, 0.3) is 0 Å². The van der Waals surface area contributed by atoms with E-state index in [0.29, 0.717) is 0 Å². The molecule has 110 valence electrons. The largest absolute Gasteiger partial charge is 0.481 e. The number of urea groups is 1. The predicted octanol–water partition coefficient (Wildman–Crippen LogP) is 2.51. The zero-order valence-electron chi connectivity index (χ0n) is 12.4. The van der Waals surface area contributed by atoms with Crippen molar-refractivity contribution in [2.24, 2.45) is 5.41 Å². The molecule has 5 heteroatoms. The number of hydrogen-bond acceptors (Lipinski definition) is 2. The molecule has 1 atom stereocenters. The molecule has 0 aliphatic heterocycles. The van der Waals surface area contributed by atoms with Crippen LogP contribution in [0.25, 0.3) is 0 Å². The highest BCUT2D eigenvalue weighted by Crippen LogP contribution is 2.35. The molecule has 0 radical (unpaired) electrons. The molecule has 0 bridgehead atoms. The van der Waals surface area contributed by atoms with Gasteiger partial charge in [-0.3, -0.25) is 4.79 Å². The first-order chi connectivity index (χ1) is 8.62. The molecule has 0 aromatic heterocycles. The summed E-state index contributed by atoms with van der Waals surface area (Å²) in [5, 5.41) is 14.5. The molecule has 0 spiro atoms. The Morgan fingerprint density at radius 1 is 1.32 bits per heavy atom. The second-order valence-corrected chi connectivity index (χ2v) is 6.84. The first-order valence-corrected chi connectivity index (χ1v) is 6.93. The number of hydrogen-bond donors (Lipinski definition) is 3. The van der Waals surface area contributed by atoms with Crippen LogP contribution < -0.4 is 10.6 Å². The summed E-state index contributed by atoms with van der Waals surface area (Å²) in [6.45, 7) is 7.76. The van der Waals surface area contributed by atoms with Crippen LogP contribution in [0.2, 0.25) is 0 Å². The predicted molar refractivity (Wildman–Crippen MR) is 74.0 cm³/mol. The average molecular weight is 270 g/mol. The maximum absolute atomic E-state index is 12.0. The number of nitrogens with one attached hydrogen (secondary N) is 2. The monoisotopic (exact) mass is 270 g/mol. The van der Waals surface area contributed by atoms with Crippen LogP contribution >= 0.6 is 0 Å². The molecule has 5 nitrogen and oxygen atoms in total. The summed E-state index contributed by atoms with van der Waals surface area (Å²) in [7, 11) is 0. The van der Waals surface area contributed by atoms with Gasteiger partial charge < -0.3 is 15.7 Å². The molecule has 2 amide bonds. The van der Waals surface area contributed by atoms with Gasteiger partial charge in [-0.05, 0) is 32.1 Å². The van der Waals surface area contributed by atoms with Gasteiger partial charge in [0.1, 0.15) is 0 Å². The van der Waals surface area contributed by atoms with Gasteiger partial charge in [0, 0.05) is 11.6 Å². The van der Waals surface area contributed by atoms with Gasteiger partial charge >= 0.3 is 12.0 Å². The minimum absolute atomic E-state index is 0.0888. The lowest BCUT2D eigenvalue weighted by molar-refractivity contribution is -0.138. The van der Waals surface area contributed by atoms with Crippen LogP contribution in [0.1, 0.15) is 59.8 Å². The number of carbonyl (C=O) groups excluding carboxylic acids is 1. The number of rotatable bonds is 4. The molecule has 0 aromatic carbocycles. The Morgan fingerprint density at radius 3 is 2.47 bits per heavy atom. The van der Waals surface area contributed by atoms with E-state index >= 15 is 0 Å². The third-order valence-electron chi connectivity index (χ3n) is 3.86. The summed E-state index contributed by atoms with van der Waals surface area (Å²) in [6, 6.07) is -0.117. The summed E-state index contributed by atoms with van der Waals surface area (Å²) >= 11 is 0. The number of amides is 2. The van der Waals surface area contributed by atoms with E-state index < -0.39 is 11.5 Å². The van der Waals surface area contributed by atoms with E-state index in [1.54, 1.807) is 13.8 Å². The van der Waals surface area contributed by atoms with Gasteiger partial charge in [-0.25, -0.2) is 4.79 Å².